The van der Waals surface area contributed by atoms with Crippen LogP contribution in [0.2, 0.25) is 5.02 Å². The minimum absolute atomic E-state index is 0.265. The lowest BCUT2D eigenvalue weighted by Gasteiger charge is -2.25. The van der Waals surface area contributed by atoms with E-state index in [1.54, 1.807) is 0 Å². The number of aliphatic imine (C=N–C) groups is 1. The van der Waals surface area contributed by atoms with Gasteiger partial charge in [0.1, 0.15) is 5.75 Å². The normalized spacial score (nSPS) is 14.9. The fourth-order valence-electron chi connectivity index (χ4n) is 4.08. The van der Waals surface area contributed by atoms with Crippen LogP contribution in [0.15, 0.2) is 53.8 Å². The zero-order chi connectivity index (χ0) is 25.4. The monoisotopic (exact) mass is 513 g/mol. The van der Waals surface area contributed by atoms with Gasteiger partial charge in [-0.3, -0.25) is 15.1 Å². The highest BCUT2D eigenvalue weighted by Crippen LogP contribution is 2.23. The van der Waals surface area contributed by atoms with Crippen LogP contribution in [-0.4, -0.2) is 38.7 Å². The highest BCUT2D eigenvalue weighted by Gasteiger charge is 2.32. The Morgan fingerprint density at radius 2 is 1.89 bits per heavy atom. The molecule has 1 atom stereocenters. The standard InChI is InChI=1S/C26H33ClN6O3/c27-22-5-7-24(8-6-22)35-18-4-2-1-3-13-30-26(31-19-28)32-23-11-16-33(17-12-23)25(36-20-34)21-9-14-29-15-10-21/h5-8,11-12,16-17,20-21,25,29H,1-4,9-10,13-15,18H2,(H,30,31)/p+1. The summed E-state index contributed by atoms with van der Waals surface area (Å²) in [7, 11) is 0. The van der Waals surface area contributed by atoms with Crippen LogP contribution in [0.5, 0.6) is 5.75 Å². The van der Waals surface area contributed by atoms with Crippen molar-refractivity contribution >= 4 is 29.7 Å². The van der Waals surface area contributed by atoms with E-state index in [1.807, 2.05) is 59.6 Å². The Morgan fingerprint density at radius 3 is 2.58 bits per heavy atom. The molecule has 9 nitrogen and oxygen atoms in total. The van der Waals surface area contributed by atoms with E-state index < -0.39 is 0 Å². The van der Waals surface area contributed by atoms with Crippen molar-refractivity contribution in [2.24, 2.45) is 10.9 Å². The number of aromatic nitrogens is 1. The molecule has 0 bridgehead atoms. The van der Waals surface area contributed by atoms with Crippen molar-refractivity contribution in [1.82, 2.24) is 10.6 Å². The number of guanidine groups is 1. The number of ether oxygens (including phenoxy) is 2. The maximum absolute atomic E-state index is 11.1. The van der Waals surface area contributed by atoms with Gasteiger partial charge in [0.15, 0.2) is 18.6 Å². The van der Waals surface area contributed by atoms with Gasteiger partial charge in [-0.25, -0.2) is 0 Å². The molecule has 0 spiro atoms. The molecule has 1 aromatic carbocycles. The highest BCUT2D eigenvalue weighted by molar-refractivity contribution is 6.30. The second-order valence-electron chi connectivity index (χ2n) is 8.55. The predicted octanol–water partition coefficient (Wildman–Crippen LogP) is 3.78. The summed E-state index contributed by atoms with van der Waals surface area (Å²) in [6.45, 7) is 3.62. The number of rotatable bonds is 13. The number of benzene rings is 1. The van der Waals surface area contributed by atoms with Gasteiger partial charge < -0.3 is 20.1 Å². The fraction of sp³-hybridized carbons (Fsp3) is 0.462. The van der Waals surface area contributed by atoms with E-state index in [0.29, 0.717) is 30.6 Å². The number of unbranched alkanes of at least 4 members (excludes halogenated alkanes) is 3. The van der Waals surface area contributed by atoms with Gasteiger partial charge in [0, 0.05) is 23.7 Å². The summed E-state index contributed by atoms with van der Waals surface area (Å²) < 4.78 is 13.0. The zero-order valence-corrected chi connectivity index (χ0v) is 21.1. The maximum atomic E-state index is 11.1. The second kappa shape index (κ2) is 15.6. The predicted molar refractivity (Wildman–Crippen MR) is 139 cm³/mol. The molecule has 0 aliphatic carbocycles. The lowest BCUT2D eigenvalue weighted by atomic mass is 9.96. The minimum Gasteiger partial charge on any atom is -0.494 e. The number of piperidine rings is 1. The third-order valence-electron chi connectivity index (χ3n) is 5.97. The minimum atomic E-state index is -0.333. The number of hydrogen-bond acceptors (Lipinski definition) is 6. The molecule has 0 radical (unpaired) electrons. The molecule has 2 aromatic rings. The van der Waals surface area contributed by atoms with Crippen LogP contribution in [0.3, 0.4) is 0 Å². The summed E-state index contributed by atoms with van der Waals surface area (Å²) in [5, 5.41) is 18.9. The number of nitriles is 1. The lowest BCUT2D eigenvalue weighted by Crippen LogP contribution is -2.47. The quantitative estimate of drug-likeness (QED) is 0.0710. The van der Waals surface area contributed by atoms with Crippen LogP contribution in [0.4, 0.5) is 5.69 Å². The van der Waals surface area contributed by atoms with Crippen molar-refractivity contribution in [2.75, 3.05) is 31.6 Å². The number of nitrogens with zero attached hydrogens (tertiary/aromatic N) is 3. The van der Waals surface area contributed by atoms with Crippen molar-refractivity contribution in [3.05, 3.63) is 53.8 Å². The molecule has 1 aliphatic rings. The lowest BCUT2D eigenvalue weighted by molar-refractivity contribution is -0.764. The Balaban J connectivity index is 1.41. The third-order valence-corrected chi connectivity index (χ3v) is 6.22. The molecule has 0 saturated carbocycles. The molecule has 1 unspecified atom stereocenters. The first-order chi connectivity index (χ1) is 17.7. The third kappa shape index (κ3) is 9.36. The van der Waals surface area contributed by atoms with Crippen molar-refractivity contribution in [3.8, 4) is 11.9 Å². The Morgan fingerprint density at radius 1 is 1.17 bits per heavy atom. The van der Waals surface area contributed by atoms with Crippen LogP contribution in [0.25, 0.3) is 0 Å². The van der Waals surface area contributed by atoms with Gasteiger partial charge in [-0.05, 0) is 69.5 Å². The fourth-order valence-corrected chi connectivity index (χ4v) is 4.21. The average molecular weight is 514 g/mol. The smallest absolute Gasteiger partial charge is 0.307 e. The number of anilines is 1. The number of hydrogen-bond donors (Lipinski definition) is 3. The largest absolute Gasteiger partial charge is 0.494 e. The molecular formula is C26H34ClN6O3+. The molecule has 10 heteroatoms. The van der Waals surface area contributed by atoms with Crippen molar-refractivity contribution in [2.45, 2.75) is 44.8 Å². The van der Waals surface area contributed by atoms with Crippen LogP contribution in [-0.2, 0) is 9.53 Å². The summed E-state index contributed by atoms with van der Waals surface area (Å²) >= 11 is 5.88. The van der Waals surface area contributed by atoms with E-state index >= 15 is 0 Å². The van der Waals surface area contributed by atoms with Crippen LogP contribution < -0.4 is 25.3 Å². The highest BCUT2D eigenvalue weighted by atomic mass is 35.5. The van der Waals surface area contributed by atoms with Crippen molar-refractivity contribution in [3.63, 3.8) is 0 Å². The van der Waals surface area contributed by atoms with E-state index in [0.717, 1.165) is 63.1 Å². The summed E-state index contributed by atoms with van der Waals surface area (Å²) in [5.74, 6) is 1.49. The first-order valence-electron chi connectivity index (χ1n) is 12.3. The summed E-state index contributed by atoms with van der Waals surface area (Å²) in [6, 6.07) is 11.1. The number of carbonyl (C=O) groups is 1. The van der Waals surface area contributed by atoms with Gasteiger partial charge >= 0.3 is 6.23 Å². The molecule has 0 amide bonds. The second-order valence-corrected chi connectivity index (χ2v) is 8.99. The Bertz CT molecular complexity index is 988. The van der Waals surface area contributed by atoms with Gasteiger partial charge in [-0.2, -0.15) is 9.83 Å². The molecule has 1 aliphatic heterocycles. The van der Waals surface area contributed by atoms with Gasteiger partial charge in [0.2, 0.25) is 5.96 Å². The topological polar surface area (TPSA) is 112 Å². The van der Waals surface area contributed by atoms with Crippen molar-refractivity contribution in [1.29, 1.82) is 5.26 Å². The van der Waals surface area contributed by atoms with E-state index in [-0.39, 0.29) is 12.1 Å². The summed E-state index contributed by atoms with van der Waals surface area (Å²) in [4.78, 5) is 15.5. The van der Waals surface area contributed by atoms with E-state index in [4.69, 9.17) is 26.3 Å². The number of nitrogens with one attached hydrogen (secondary N) is 3. The molecular weight excluding hydrogens is 480 g/mol. The molecule has 3 rings (SSSR count). The Labute approximate surface area is 217 Å². The zero-order valence-electron chi connectivity index (χ0n) is 20.4. The van der Waals surface area contributed by atoms with Crippen LogP contribution in [0.1, 0.15) is 44.8 Å². The van der Waals surface area contributed by atoms with Gasteiger partial charge in [-0.15, -0.1) is 0 Å². The number of pyridine rings is 1. The first-order valence-corrected chi connectivity index (χ1v) is 12.7. The Hall–Kier alpha value is -3.35. The van der Waals surface area contributed by atoms with Crippen LogP contribution >= 0.6 is 11.6 Å². The molecule has 36 heavy (non-hydrogen) atoms. The van der Waals surface area contributed by atoms with Gasteiger partial charge in [0.05, 0.1) is 18.2 Å². The number of carbonyl (C=O) groups excluding carboxylic acids is 1. The molecule has 3 N–H and O–H groups in total. The van der Waals surface area contributed by atoms with E-state index in [1.165, 1.54) is 0 Å². The Kier molecular flexibility index (Phi) is 11.8. The van der Waals surface area contributed by atoms with E-state index in [2.05, 4.69) is 20.9 Å². The maximum Gasteiger partial charge on any atom is 0.307 e. The van der Waals surface area contributed by atoms with Gasteiger partial charge in [0.25, 0.3) is 6.47 Å². The van der Waals surface area contributed by atoms with Gasteiger partial charge in [-0.1, -0.05) is 18.0 Å². The SMILES string of the molecule is N#CNC(=NCCCCCCOc1ccc(Cl)cc1)Nc1cc[n+](C(OC=O)C2CCNCC2)cc1. The van der Waals surface area contributed by atoms with E-state index in [9.17, 15) is 4.79 Å². The van der Waals surface area contributed by atoms with Crippen molar-refractivity contribution < 1.29 is 18.8 Å². The molecule has 1 saturated heterocycles. The summed E-state index contributed by atoms with van der Waals surface area (Å²) in [5.41, 5.74) is 0.780. The molecule has 1 aromatic heterocycles. The average Bonchev–Trinajstić information content (AvgIpc) is 2.91. The molecule has 192 valence electrons. The first kappa shape index (κ1) is 27.2. The van der Waals surface area contributed by atoms with Crippen LogP contribution in [0, 0.1) is 17.4 Å². The molecule has 2 heterocycles. The summed E-state index contributed by atoms with van der Waals surface area (Å²) in [6.07, 6.45) is 11.2. The number of halogens is 1. The molecule has 1 fully saturated rings.